The van der Waals surface area contributed by atoms with Crippen LogP contribution >= 0.6 is 0 Å². The molecule has 0 aromatic heterocycles. The maximum absolute atomic E-state index is 13.1. The molecule has 0 saturated heterocycles. The minimum atomic E-state index is -3.58. The van der Waals surface area contributed by atoms with E-state index in [-0.39, 0.29) is 4.90 Å². The highest BCUT2D eigenvalue weighted by Gasteiger charge is 2.15. The zero-order valence-corrected chi connectivity index (χ0v) is 8.68. The van der Waals surface area contributed by atoms with E-state index in [1.165, 1.54) is 13.0 Å². The molecule has 0 aliphatic carbocycles. The summed E-state index contributed by atoms with van der Waals surface area (Å²) in [5.41, 5.74) is 0.381. The average molecular weight is 218 g/mol. The Morgan fingerprint density at radius 1 is 1.43 bits per heavy atom. The maximum atomic E-state index is 13.1. The van der Waals surface area contributed by atoms with Gasteiger partial charge in [0.1, 0.15) is 10.7 Å². The fraction of sp³-hybridized carbons (Fsp3) is 0.333. The highest BCUT2D eigenvalue weighted by atomic mass is 32.2. The fourth-order valence-electron chi connectivity index (χ4n) is 1.06. The number of halogens is 1. The summed E-state index contributed by atoms with van der Waals surface area (Å²) in [5, 5.41) is 9.19. The summed E-state index contributed by atoms with van der Waals surface area (Å²) in [6.07, 6.45) is 0.119. The van der Waals surface area contributed by atoms with E-state index in [0.29, 0.717) is 5.56 Å². The highest BCUT2D eigenvalue weighted by Crippen LogP contribution is 2.20. The standard InChI is InChI=1S/C9H11FO3S/c1-6(11)7-3-4-8(10)9(5-7)14(2,12)13/h3-6,11H,1-2H3. The Morgan fingerprint density at radius 2 is 2.00 bits per heavy atom. The second-order valence-corrected chi connectivity index (χ2v) is 5.12. The quantitative estimate of drug-likeness (QED) is 0.813. The molecule has 1 unspecified atom stereocenters. The summed E-state index contributed by atoms with van der Waals surface area (Å²) in [5.74, 6) is -0.795. The number of hydrogen-bond acceptors (Lipinski definition) is 3. The number of hydrogen-bond donors (Lipinski definition) is 1. The first kappa shape index (κ1) is 11.1. The Labute approximate surface area is 82.1 Å². The number of rotatable bonds is 2. The van der Waals surface area contributed by atoms with Gasteiger partial charge in [0.25, 0.3) is 0 Å². The molecule has 1 atom stereocenters. The van der Waals surface area contributed by atoms with Gasteiger partial charge in [-0.05, 0) is 24.6 Å². The lowest BCUT2D eigenvalue weighted by atomic mass is 10.1. The molecule has 0 spiro atoms. The van der Waals surface area contributed by atoms with Gasteiger partial charge in [0.2, 0.25) is 0 Å². The third kappa shape index (κ3) is 2.30. The summed E-state index contributed by atoms with van der Waals surface area (Å²) >= 11 is 0. The summed E-state index contributed by atoms with van der Waals surface area (Å²) in [4.78, 5) is -0.379. The van der Waals surface area contributed by atoms with Crippen molar-refractivity contribution in [3.05, 3.63) is 29.6 Å². The van der Waals surface area contributed by atoms with Gasteiger partial charge in [-0.15, -0.1) is 0 Å². The molecular weight excluding hydrogens is 207 g/mol. The largest absolute Gasteiger partial charge is 0.389 e. The van der Waals surface area contributed by atoms with E-state index in [0.717, 1.165) is 18.4 Å². The van der Waals surface area contributed by atoms with Gasteiger partial charge in [-0.25, -0.2) is 12.8 Å². The van der Waals surface area contributed by atoms with Gasteiger partial charge in [-0.1, -0.05) is 6.07 Å². The summed E-state index contributed by atoms with van der Waals surface area (Å²) < 4.78 is 35.3. The summed E-state index contributed by atoms with van der Waals surface area (Å²) in [6, 6.07) is 3.54. The van der Waals surface area contributed by atoms with Gasteiger partial charge in [-0.3, -0.25) is 0 Å². The second kappa shape index (κ2) is 3.67. The molecular formula is C9H11FO3S. The Bertz CT molecular complexity index is 437. The molecule has 1 aromatic carbocycles. The first-order valence-electron chi connectivity index (χ1n) is 4.00. The predicted molar refractivity (Wildman–Crippen MR) is 50.1 cm³/mol. The van der Waals surface area contributed by atoms with Crippen LogP contribution in [0.15, 0.2) is 23.1 Å². The van der Waals surface area contributed by atoms with E-state index < -0.39 is 21.8 Å². The van der Waals surface area contributed by atoms with Crippen molar-refractivity contribution in [1.29, 1.82) is 0 Å². The van der Waals surface area contributed by atoms with Crippen LogP contribution in [0, 0.1) is 5.82 Å². The molecule has 0 amide bonds. The van der Waals surface area contributed by atoms with Gasteiger partial charge < -0.3 is 5.11 Å². The van der Waals surface area contributed by atoms with Crippen LogP contribution in [-0.4, -0.2) is 19.8 Å². The van der Waals surface area contributed by atoms with Crippen molar-refractivity contribution in [2.75, 3.05) is 6.26 Å². The third-order valence-electron chi connectivity index (χ3n) is 1.84. The number of benzene rings is 1. The second-order valence-electron chi connectivity index (χ2n) is 3.14. The fourth-order valence-corrected chi connectivity index (χ4v) is 1.84. The van der Waals surface area contributed by atoms with E-state index in [4.69, 9.17) is 0 Å². The molecule has 0 bridgehead atoms. The molecule has 1 aromatic rings. The third-order valence-corrected chi connectivity index (χ3v) is 2.95. The Hall–Kier alpha value is -0.940. The van der Waals surface area contributed by atoms with E-state index in [1.54, 1.807) is 0 Å². The van der Waals surface area contributed by atoms with Crippen molar-refractivity contribution in [3.63, 3.8) is 0 Å². The van der Waals surface area contributed by atoms with Crippen LogP contribution < -0.4 is 0 Å². The van der Waals surface area contributed by atoms with Crippen LogP contribution in [0.2, 0.25) is 0 Å². The van der Waals surface area contributed by atoms with E-state index >= 15 is 0 Å². The molecule has 0 aliphatic rings. The normalized spacial score (nSPS) is 14.0. The zero-order chi connectivity index (χ0) is 10.9. The Morgan fingerprint density at radius 3 is 2.43 bits per heavy atom. The van der Waals surface area contributed by atoms with Crippen molar-refractivity contribution >= 4 is 9.84 Å². The molecule has 0 saturated carbocycles. The first-order chi connectivity index (χ1) is 6.32. The molecule has 0 fully saturated rings. The molecule has 1 rings (SSSR count). The van der Waals surface area contributed by atoms with Crippen LogP contribution in [-0.2, 0) is 9.84 Å². The summed E-state index contributed by atoms with van der Waals surface area (Å²) in [7, 11) is -3.58. The molecule has 14 heavy (non-hydrogen) atoms. The molecule has 3 nitrogen and oxygen atoms in total. The van der Waals surface area contributed by atoms with Crippen LogP contribution in [0.1, 0.15) is 18.6 Å². The van der Waals surface area contributed by atoms with E-state index in [9.17, 15) is 17.9 Å². The SMILES string of the molecule is CC(O)c1ccc(F)c(S(C)(=O)=O)c1. The van der Waals surface area contributed by atoms with Crippen molar-refractivity contribution < 1.29 is 17.9 Å². The smallest absolute Gasteiger partial charge is 0.178 e. The minimum absolute atomic E-state index is 0.379. The lowest BCUT2D eigenvalue weighted by molar-refractivity contribution is 0.199. The summed E-state index contributed by atoms with van der Waals surface area (Å²) in [6.45, 7) is 1.49. The average Bonchev–Trinajstić information content (AvgIpc) is 2.02. The van der Waals surface area contributed by atoms with E-state index in [2.05, 4.69) is 0 Å². The lowest BCUT2D eigenvalue weighted by Gasteiger charge is -2.07. The van der Waals surface area contributed by atoms with Crippen LogP contribution in [0.25, 0.3) is 0 Å². The molecule has 5 heteroatoms. The van der Waals surface area contributed by atoms with Gasteiger partial charge >= 0.3 is 0 Å². The monoisotopic (exact) mass is 218 g/mol. The van der Waals surface area contributed by atoms with Gasteiger partial charge in [0, 0.05) is 6.26 Å². The highest BCUT2D eigenvalue weighted by molar-refractivity contribution is 7.90. The van der Waals surface area contributed by atoms with Crippen molar-refractivity contribution in [2.24, 2.45) is 0 Å². The van der Waals surface area contributed by atoms with Crippen LogP contribution in [0.5, 0.6) is 0 Å². The molecule has 1 N–H and O–H groups in total. The lowest BCUT2D eigenvalue weighted by Crippen LogP contribution is -2.03. The predicted octanol–water partition coefficient (Wildman–Crippen LogP) is 1.28. The van der Waals surface area contributed by atoms with Gasteiger partial charge in [0.05, 0.1) is 6.10 Å². The van der Waals surface area contributed by atoms with Crippen LogP contribution in [0.4, 0.5) is 4.39 Å². The van der Waals surface area contributed by atoms with Crippen molar-refractivity contribution in [3.8, 4) is 0 Å². The van der Waals surface area contributed by atoms with Crippen molar-refractivity contribution in [2.45, 2.75) is 17.9 Å². The molecule has 78 valence electrons. The van der Waals surface area contributed by atoms with Gasteiger partial charge in [-0.2, -0.15) is 0 Å². The maximum Gasteiger partial charge on any atom is 0.178 e. The number of aliphatic hydroxyl groups excluding tert-OH is 1. The number of aliphatic hydroxyl groups is 1. The van der Waals surface area contributed by atoms with E-state index in [1.807, 2.05) is 0 Å². The van der Waals surface area contributed by atoms with Crippen LogP contribution in [0.3, 0.4) is 0 Å². The molecule has 0 radical (unpaired) electrons. The molecule has 0 aliphatic heterocycles. The first-order valence-corrected chi connectivity index (χ1v) is 5.89. The minimum Gasteiger partial charge on any atom is -0.389 e. The van der Waals surface area contributed by atoms with Gasteiger partial charge in [0.15, 0.2) is 9.84 Å². The Balaban J connectivity index is 3.37. The Kier molecular flexibility index (Phi) is 2.92. The molecule has 0 heterocycles. The van der Waals surface area contributed by atoms with Crippen molar-refractivity contribution in [1.82, 2.24) is 0 Å². The zero-order valence-electron chi connectivity index (χ0n) is 7.86. The topological polar surface area (TPSA) is 54.4 Å². The number of sulfone groups is 1.